The van der Waals surface area contributed by atoms with E-state index in [-0.39, 0.29) is 12.6 Å². The highest BCUT2D eigenvalue weighted by molar-refractivity contribution is 7.89. The number of aliphatic carboxylic acids is 1. The molecular formula is C16H19F3N2O4S. The molecule has 1 aromatic rings. The summed E-state index contributed by atoms with van der Waals surface area (Å²) in [6.07, 6.45) is 2.82. The molecular weight excluding hydrogens is 373 g/mol. The first-order chi connectivity index (χ1) is 12.2. The molecule has 0 aliphatic heterocycles. The Morgan fingerprint density at radius 1 is 1.19 bits per heavy atom. The van der Waals surface area contributed by atoms with Crippen LogP contribution in [0.15, 0.2) is 17.0 Å². The fraction of sp³-hybridized carbons (Fsp3) is 0.562. The van der Waals surface area contributed by atoms with Crippen molar-refractivity contribution in [1.29, 1.82) is 0 Å². The first kappa shape index (κ1) is 19.1. The van der Waals surface area contributed by atoms with Gasteiger partial charge in [-0.1, -0.05) is 0 Å². The number of hydrogen-bond acceptors (Lipinski definition) is 4. The maximum absolute atomic E-state index is 13.7. The van der Waals surface area contributed by atoms with Crippen molar-refractivity contribution in [1.82, 2.24) is 9.62 Å². The summed E-state index contributed by atoms with van der Waals surface area (Å²) in [5, 5.41) is 9.00. The van der Waals surface area contributed by atoms with Crippen LogP contribution in [0.1, 0.15) is 25.7 Å². The number of halogens is 3. The van der Waals surface area contributed by atoms with Gasteiger partial charge in [0.25, 0.3) is 0 Å². The standard InChI is InChI=1S/C16H19F3N2O4S/c17-10-3-13(18)16(14(19)4-10)26(24,25)20-11-5-12(6-11)21(8-15(22)23)7-9-1-2-9/h3-4,9,11-12,20H,1-2,5-8H2,(H,22,23). The van der Waals surface area contributed by atoms with Crippen LogP contribution in [0.5, 0.6) is 0 Å². The Kier molecular flexibility index (Phi) is 5.27. The highest BCUT2D eigenvalue weighted by Crippen LogP contribution is 2.34. The molecule has 2 N–H and O–H groups in total. The molecule has 2 fully saturated rings. The van der Waals surface area contributed by atoms with Crippen LogP contribution in [0.25, 0.3) is 0 Å². The molecule has 0 radical (unpaired) electrons. The number of benzene rings is 1. The molecule has 10 heteroatoms. The van der Waals surface area contributed by atoms with Crippen molar-refractivity contribution in [3.63, 3.8) is 0 Å². The van der Waals surface area contributed by atoms with Gasteiger partial charge in [-0.25, -0.2) is 26.3 Å². The average Bonchev–Trinajstić information content (AvgIpc) is 3.23. The lowest BCUT2D eigenvalue weighted by molar-refractivity contribution is -0.139. The van der Waals surface area contributed by atoms with Gasteiger partial charge in [-0.3, -0.25) is 9.69 Å². The van der Waals surface area contributed by atoms with E-state index >= 15 is 0 Å². The van der Waals surface area contributed by atoms with Crippen molar-refractivity contribution < 1.29 is 31.5 Å². The Morgan fingerprint density at radius 2 is 1.77 bits per heavy atom. The number of rotatable bonds is 8. The van der Waals surface area contributed by atoms with Crippen molar-refractivity contribution in [2.75, 3.05) is 13.1 Å². The van der Waals surface area contributed by atoms with E-state index < -0.39 is 44.4 Å². The molecule has 2 saturated carbocycles. The van der Waals surface area contributed by atoms with Crippen LogP contribution in [0, 0.1) is 23.4 Å². The van der Waals surface area contributed by atoms with E-state index in [0.29, 0.717) is 37.4 Å². The molecule has 144 valence electrons. The quantitative estimate of drug-likeness (QED) is 0.703. The maximum Gasteiger partial charge on any atom is 0.317 e. The second-order valence-corrected chi connectivity index (χ2v) is 8.56. The first-order valence-electron chi connectivity index (χ1n) is 8.28. The Hall–Kier alpha value is -1.65. The Labute approximate surface area is 149 Å². The monoisotopic (exact) mass is 392 g/mol. The zero-order chi connectivity index (χ0) is 19.1. The van der Waals surface area contributed by atoms with Crippen LogP contribution >= 0.6 is 0 Å². The zero-order valence-corrected chi connectivity index (χ0v) is 14.6. The van der Waals surface area contributed by atoms with Gasteiger partial charge in [0.2, 0.25) is 10.0 Å². The van der Waals surface area contributed by atoms with Gasteiger partial charge >= 0.3 is 5.97 Å². The third-order valence-corrected chi connectivity index (χ3v) is 6.28. The van der Waals surface area contributed by atoms with E-state index in [4.69, 9.17) is 5.11 Å². The molecule has 0 unspecified atom stereocenters. The summed E-state index contributed by atoms with van der Waals surface area (Å²) < 4.78 is 67.0. The molecule has 1 aromatic carbocycles. The van der Waals surface area contributed by atoms with Gasteiger partial charge < -0.3 is 5.11 Å². The smallest absolute Gasteiger partial charge is 0.317 e. The van der Waals surface area contributed by atoms with Gasteiger partial charge in [-0.05, 0) is 31.6 Å². The lowest BCUT2D eigenvalue weighted by Crippen LogP contribution is -2.55. The fourth-order valence-electron chi connectivity index (χ4n) is 3.19. The predicted octanol–water partition coefficient (Wildman–Crippen LogP) is 1.71. The molecule has 0 amide bonds. The predicted molar refractivity (Wildman–Crippen MR) is 85.4 cm³/mol. The van der Waals surface area contributed by atoms with Crippen LogP contribution in [0.2, 0.25) is 0 Å². The Balaban J connectivity index is 1.63. The number of nitrogens with one attached hydrogen (secondary N) is 1. The number of sulfonamides is 1. The number of hydrogen-bond donors (Lipinski definition) is 2. The average molecular weight is 392 g/mol. The minimum Gasteiger partial charge on any atom is -0.480 e. The van der Waals surface area contributed by atoms with E-state index in [0.717, 1.165) is 12.8 Å². The second kappa shape index (κ2) is 7.16. The van der Waals surface area contributed by atoms with Crippen molar-refractivity contribution in [2.45, 2.75) is 42.7 Å². The maximum atomic E-state index is 13.7. The van der Waals surface area contributed by atoms with Gasteiger partial charge in [0, 0.05) is 30.8 Å². The van der Waals surface area contributed by atoms with Crippen molar-refractivity contribution in [3.8, 4) is 0 Å². The van der Waals surface area contributed by atoms with Crippen LogP contribution in [-0.4, -0.2) is 49.6 Å². The number of carboxylic acid groups (broad SMARTS) is 1. The largest absolute Gasteiger partial charge is 0.480 e. The molecule has 2 aliphatic rings. The molecule has 0 aromatic heterocycles. The SMILES string of the molecule is O=C(O)CN(CC1CC1)C1CC(NS(=O)(=O)c2c(F)cc(F)cc2F)C1. The van der Waals surface area contributed by atoms with Crippen LogP contribution in [0.3, 0.4) is 0 Å². The van der Waals surface area contributed by atoms with E-state index in [1.165, 1.54) is 0 Å². The topological polar surface area (TPSA) is 86.7 Å². The van der Waals surface area contributed by atoms with E-state index in [2.05, 4.69) is 4.72 Å². The first-order valence-corrected chi connectivity index (χ1v) is 9.76. The van der Waals surface area contributed by atoms with E-state index in [9.17, 15) is 26.4 Å². The van der Waals surface area contributed by atoms with Crippen molar-refractivity contribution in [3.05, 3.63) is 29.6 Å². The molecule has 6 nitrogen and oxygen atoms in total. The lowest BCUT2D eigenvalue weighted by Gasteiger charge is -2.42. The number of nitrogens with zero attached hydrogens (tertiary/aromatic N) is 1. The Morgan fingerprint density at radius 3 is 2.27 bits per heavy atom. The minimum absolute atomic E-state index is 0.0951. The van der Waals surface area contributed by atoms with E-state index in [1.54, 1.807) is 0 Å². The van der Waals surface area contributed by atoms with Crippen molar-refractivity contribution >= 4 is 16.0 Å². The summed E-state index contributed by atoms with van der Waals surface area (Å²) >= 11 is 0. The molecule has 0 atom stereocenters. The second-order valence-electron chi connectivity index (χ2n) is 6.91. The molecule has 0 bridgehead atoms. The van der Waals surface area contributed by atoms with Gasteiger partial charge in [-0.2, -0.15) is 0 Å². The number of carbonyl (C=O) groups is 1. The molecule has 3 rings (SSSR count). The third kappa shape index (κ3) is 4.36. The van der Waals surface area contributed by atoms with Gasteiger partial charge in [0.05, 0.1) is 6.54 Å². The summed E-state index contributed by atoms with van der Waals surface area (Å²) in [5.74, 6) is -4.66. The molecule has 0 spiro atoms. The Bertz CT molecular complexity index is 785. The molecule has 26 heavy (non-hydrogen) atoms. The summed E-state index contributed by atoms with van der Waals surface area (Å²) in [5.41, 5.74) is 0. The third-order valence-electron chi connectivity index (χ3n) is 4.71. The summed E-state index contributed by atoms with van der Waals surface area (Å²) in [6, 6.07) is -0.0247. The lowest BCUT2D eigenvalue weighted by atomic mass is 9.86. The van der Waals surface area contributed by atoms with Crippen LogP contribution < -0.4 is 4.72 Å². The summed E-state index contributed by atoms with van der Waals surface area (Å²) in [6.45, 7) is 0.527. The molecule has 0 heterocycles. The number of carboxylic acids is 1. The van der Waals surface area contributed by atoms with Gasteiger partial charge in [0.15, 0.2) is 4.90 Å². The summed E-state index contributed by atoms with van der Waals surface area (Å²) in [7, 11) is -4.48. The normalized spacial score (nSPS) is 23.1. The highest BCUT2D eigenvalue weighted by atomic mass is 32.2. The molecule has 2 aliphatic carbocycles. The van der Waals surface area contributed by atoms with Crippen LogP contribution in [-0.2, 0) is 14.8 Å². The highest BCUT2D eigenvalue weighted by Gasteiger charge is 2.39. The minimum atomic E-state index is -4.48. The fourth-order valence-corrected chi connectivity index (χ4v) is 4.58. The summed E-state index contributed by atoms with van der Waals surface area (Å²) in [4.78, 5) is 11.6. The zero-order valence-electron chi connectivity index (χ0n) is 13.8. The van der Waals surface area contributed by atoms with E-state index in [1.807, 2.05) is 4.90 Å². The van der Waals surface area contributed by atoms with Gasteiger partial charge in [0.1, 0.15) is 17.5 Å². The van der Waals surface area contributed by atoms with Crippen molar-refractivity contribution in [2.24, 2.45) is 5.92 Å². The van der Waals surface area contributed by atoms with Crippen LogP contribution in [0.4, 0.5) is 13.2 Å². The molecule has 0 saturated heterocycles. The van der Waals surface area contributed by atoms with Gasteiger partial charge in [-0.15, -0.1) is 0 Å².